The number of rotatable bonds is 7. The molecule has 0 saturated carbocycles. The van der Waals surface area contributed by atoms with Gasteiger partial charge in [-0.3, -0.25) is 9.69 Å². The van der Waals surface area contributed by atoms with Gasteiger partial charge < -0.3 is 19.3 Å². The van der Waals surface area contributed by atoms with Crippen molar-refractivity contribution in [2.75, 3.05) is 75.9 Å². The summed E-state index contributed by atoms with van der Waals surface area (Å²) in [5.74, 6) is 1.14. The molecule has 0 aliphatic carbocycles. The fraction of sp³-hybridized carbons (Fsp3) is 0.458. The van der Waals surface area contributed by atoms with Crippen molar-refractivity contribution in [3.63, 3.8) is 0 Å². The predicted molar refractivity (Wildman–Crippen MR) is 135 cm³/mol. The average molecular weight is 482 g/mol. The van der Waals surface area contributed by atoms with E-state index in [2.05, 4.69) is 32.9 Å². The number of ether oxygens (including phenoxy) is 2. The van der Waals surface area contributed by atoms with Crippen molar-refractivity contribution in [3.05, 3.63) is 54.1 Å². The molecule has 176 valence electrons. The number of hydrogen-bond acceptors (Lipinski definition) is 6. The van der Waals surface area contributed by atoms with Gasteiger partial charge in [-0.05, 0) is 36.4 Å². The summed E-state index contributed by atoms with van der Waals surface area (Å²) in [4.78, 5) is 19.7. The summed E-state index contributed by atoms with van der Waals surface area (Å²) in [6.07, 6.45) is 0.561. The number of methoxy groups -OCH3 is 1. The van der Waals surface area contributed by atoms with Crippen molar-refractivity contribution in [2.24, 2.45) is 0 Å². The summed E-state index contributed by atoms with van der Waals surface area (Å²) < 4.78 is 10.9. The third kappa shape index (κ3) is 6.51. The van der Waals surface area contributed by atoms with Gasteiger partial charge in [-0.25, -0.2) is 0 Å². The number of carbonyl (C=O) groups is 1. The molecule has 2 aromatic rings. The lowest BCUT2D eigenvalue weighted by molar-refractivity contribution is 0.0962. The van der Waals surface area contributed by atoms with E-state index in [0.717, 1.165) is 76.0 Å². The highest BCUT2D eigenvalue weighted by Crippen LogP contribution is 2.28. The summed E-state index contributed by atoms with van der Waals surface area (Å²) in [6, 6.07) is 16.2. The molecule has 2 saturated heterocycles. The van der Waals surface area contributed by atoms with E-state index in [1.807, 2.05) is 30.3 Å². The van der Waals surface area contributed by atoms with Gasteiger partial charge in [0.25, 0.3) is 0 Å². The Bertz CT molecular complexity index is 837. The van der Waals surface area contributed by atoms with E-state index in [0.29, 0.717) is 6.42 Å². The van der Waals surface area contributed by atoms with Crippen molar-refractivity contribution in [2.45, 2.75) is 6.42 Å². The highest BCUT2D eigenvalue weighted by atomic mass is 35.5. The first-order valence-corrected chi connectivity index (χ1v) is 10.8. The van der Waals surface area contributed by atoms with Gasteiger partial charge in [-0.1, -0.05) is 12.1 Å². The number of piperazine rings is 1. The molecule has 6 nitrogen and oxygen atoms in total. The van der Waals surface area contributed by atoms with Crippen molar-refractivity contribution in [3.8, 4) is 5.75 Å². The van der Waals surface area contributed by atoms with Crippen LogP contribution in [0.5, 0.6) is 5.75 Å². The number of para-hydroxylation sites is 2. The van der Waals surface area contributed by atoms with Gasteiger partial charge in [0.1, 0.15) is 5.75 Å². The molecule has 32 heavy (non-hydrogen) atoms. The Hall–Kier alpha value is -1.99. The number of carbonyl (C=O) groups excluding carboxylic acids is 1. The van der Waals surface area contributed by atoms with Gasteiger partial charge in [-0.15, -0.1) is 24.8 Å². The second-order valence-corrected chi connectivity index (χ2v) is 7.82. The SMILES string of the molecule is COc1ccccc1N1CCN(CCC(=O)c2ccc(N3CCOCC3)cc2)CC1.Cl.Cl. The number of benzene rings is 2. The van der Waals surface area contributed by atoms with Gasteiger partial charge in [0.05, 0.1) is 26.0 Å². The maximum atomic E-state index is 12.7. The second-order valence-electron chi connectivity index (χ2n) is 7.82. The van der Waals surface area contributed by atoms with E-state index in [4.69, 9.17) is 9.47 Å². The Morgan fingerprint density at radius 1 is 0.875 bits per heavy atom. The number of ketones is 1. The van der Waals surface area contributed by atoms with E-state index in [-0.39, 0.29) is 30.6 Å². The van der Waals surface area contributed by atoms with Crippen LogP contribution in [0.4, 0.5) is 11.4 Å². The number of hydrogen-bond donors (Lipinski definition) is 0. The Morgan fingerprint density at radius 2 is 1.53 bits per heavy atom. The summed E-state index contributed by atoms with van der Waals surface area (Å²) >= 11 is 0. The molecule has 2 aliphatic heterocycles. The zero-order valence-corrected chi connectivity index (χ0v) is 20.2. The molecular weight excluding hydrogens is 449 g/mol. The minimum absolute atomic E-state index is 0. The van der Waals surface area contributed by atoms with E-state index >= 15 is 0 Å². The third-order valence-electron chi connectivity index (χ3n) is 6.02. The van der Waals surface area contributed by atoms with Crippen molar-refractivity contribution < 1.29 is 14.3 Å². The molecule has 2 heterocycles. The van der Waals surface area contributed by atoms with Crippen LogP contribution in [0.25, 0.3) is 0 Å². The number of Topliss-reactive ketones (excluding diaryl/α,β-unsaturated/α-hetero) is 1. The number of anilines is 2. The topological polar surface area (TPSA) is 45.2 Å². The van der Waals surface area contributed by atoms with E-state index < -0.39 is 0 Å². The van der Waals surface area contributed by atoms with E-state index in [1.54, 1.807) is 7.11 Å². The molecule has 2 fully saturated rings. The van der Waals surface area contributed by atoms with Gasteiger partial charge in [0, 0.05) is 63.5 Å². The number of nitrogens with zero attached hydrogens (tertiary/aromatic N) is 3. The van der Waals surface area contributed by atoms with E-state index in [9.17, 15) is 4.79 Å². The lowest BCUT2D eigenvalue weighted by Crippen LogP contribution is -2.47. The molecule has 2 aromatic carbocycles. The first kappa shape index (κ1) is 26.3. The van der Waals surface area contributed by atoms with Gasteiger partial charge in [0.15, 0.2) is 5.78 Å². The van der Waals surface area contributed by atoms with Crippen LogP contribution in [0.3, 0.4) is 0 Å². The zero-order valence-electron chi connectivity index (χ0n) is 18.6. The molecule has 0 radical (unpaired) electrons. The Balaban J connectivity index is 0.00000181. The molecule has 2 aliphatic rings. The van der Waals surface area contributed by atoms with Crippen LogP contribution in [0.2, 0.25) is 0 Å². The van der Waals surface area contributed by atoms with Crippen LogP contribution in [-0.4, -0.2) is 76.8 Å². The van der Waals surface area contributed by atoms with Crippen LogP contribution in [0.1, 0.15) is 16.8 Å². The monoisotopic (exact) mass is 481 g/mol. The summed E-state index contributed by atoms with van der Waals surface area (Å²) in [7, 11) is 1.72. The summed E-state index contributed by atoms with van der Waals surface area (Å²) in [5, 5.41) is 0. The van der Waals surface area contributed by atoms with Crippen molar-refractivity contribution >= 4 is 42.0 Å². The maximum absolute atomic E-state index is 12.7. The fourth-order valence-corrected chi connectivity index (χ4v) is 4.19. The maximum Gasteiger partial charge on any atom is 0.164 e. The number of morpholine rings is 1. The minimum atomic E-state index is 0. The van der Waals surface area contributed by atoms with Crippen LogP contribution in [0.15, 0.2) is 48.5 Å². The predicted octanol–water partition coefficient (Wildman–Crippen LogP) is 3.77. The summed E-state index contributed by atoms with van der Waals surface area (Å²) in [6.45, 7) is 7.98. The lowest BCUT2D eigenvalue weighted by Gasteiger charge is -2.36. The molecule has 0 atom stereocenters. The largest absolute Gasteiger partial charge is 0.495 e. The Morgan fingerprint density at radius 3 is 2.19 bits per heavy atom. The van der Waals surface area contributed by atoms with Crippen molar-refractivity contribution in [1.82, 2.24) is 4.90 Å². The Kier molecular flexibility index (Phi) is 10.6. The van der Waals surface area contributed by atoms with Crippen molar-refractivity contribution in [1.29, 1.82) is 0 Å². The van der Waals surface area contributed by atoms with Crippen LogP contribution in [0, 0.1) is 0 Å². The normalized spacial score (nSPS) is 16.7. The molecule has 0 amide bonds. The molecule has 4 rings (SSSR count). The molecule has 0 aromatic heterocycles. The lowest BCUT2D eigenvalue weighted by atomic mass is 10.1. The Labute approximate surface area is 203 Å². The smallest absolute Gasteiger partial charge is 0.164 e. The molecule has 0 bridgehead atoms. The standard InChI is InChI=1S/C24H31N3O3.2ClH/c1-29-24-5-3-2-4-22(24)27-14-12-25(13-15-27)11-10-23(28)20-6-8-21(9-7-20)26-16-18-30-19-17-26;;/h2-9H,10-19H2,1H3;2*1H. The first-order chi connectivity index (χ1) is 14.7. The molecule has 0 N–H and O–H groups in total. The van der Waals surface area contributed by atoms with Crippen LogP contribution in [-0.2, 0) is 4.74 Å². The zero-order chi connectivity index (χ0) is 20.8. The van der Waals surface area contributed by atoms with Crippen LogP contribution >= 0.6 is 24.8 Å². The third-order valence-corrected chi connectivity index (χ3v) is 6.02. The van der Waals surface area contributed by atoms with Crippen LogP contribution < -0.4 is 14.5 Å². The number of halogens is 2. The van der Waals surface area contributed by atoms with Gasteiger partial charge >= 0.3 is 0 Å². The summed E-state index contributed by atoms with van der Waals surface area (Å²) in [5.41, 5.74) is 3.12. The van der Waals surface area contributed by atoms with E-state index in [1.165, 1.54) is 5.69 Å². The highest BCUT2D eigenvalue weighted by molar-refractivity contribution is 5.96. The minimum Gasteiger partial charge on any atom is -0.495 e. The van der Waals surface area contributed by atoms with Gasteiger partial charge in [-0.2, -0.15) is 0 Å². The van der Waals surface area contributed by atoms with Gasteiger partial charge in [0.2, 0.25) is 0 Å². The first-order valence-electron chi connectivity index (χ1n) is 10.8. The molecular formula is C24H33Cl2N3O3. The quantitative estimate of drug-likeness (QED) is 0.560. The molecule has 0 spiro atoms. The fourth-order valence-electron chi connectivity index (χ4n) is 4.19. The second kappa shape index (κ2) is 12.9. The molecule has 0 unspecified atom stereocenters. The average Bonchev–Trinajstić information content (AvgIpc) is 2.83. The highest BCUT2D eigenvalue weighted by Gasteiger charge is 2.20. The molecule has 8 heteroatoms.